The molecule has 8 radical (unpaired) electrons. The molecule has 0 amide bonds. The molecule has 0 aliphatic heterocycles. The van der Waals surface area contributed by atoms with Gasteiger partial charge in [0.05, 0.1) is 32.1 Å². The normalized spacial score (nSPS) is 11.9. The molecule has 0 bridgehead atoms. The monoisotopic (exact) mass is 436 g/mol. The first-order chi connectivity index (χ1) is 15.8. The summed E-state index contributed by atoms with van der Waals surface area (Å²) >= 11 is 6.63. The average molecular weight is 436 g/mol. The number of nitrogens with zero attached hydrogens (tertiary/aromatic N) is 2. The number of rotatable bonds is 2. The van der Waals surface area contributed by atoms with Gasteiger partial charge in [-0.3, -0.25) is 10.1 Å². The highest BCUT2D eigenvalue weighted by Crippen LogP contribution is 2.44. The minimum atomic E-state index is -0.571. The molecule has 0 saturated carbocycles. The lowest BCUT2D eigenvalue weighted by Gasteiger charge is -2.18. The maximum atomic E-state index is 12.1. The van der Waals surface area contributed by atoms with Gasteiger partial charge < -0.3 is 4.40 Å². The molecule has 0 aliphatic carbocycles. The Balaban J connectivity index is 1.90. The summed E-state index contributed by atoms with van der Waals surface area (Å²) < 4.78 is 2.09. The van der Waals surface area contributed by atoms with Crippen molar-refractivity contribution in [2.45, 2.75) is 0 Å². The summed E-state index contributed by atoms with van der Waals surface area (Å²) in [5.41, 5.74) is 2.76. The number of fused-ring (bicyclic) bond motifs is 6. The maximum Gasteiger partial charge on any atom is 0.268 e. The van der Waals surface area contributed by atoms with Crippen LogP contribution in [-0.2, 0) is 0 Å². The average Bonchev–Trinajstić information content (AvgIpc) is 3.32. The van der Waals surface area contributed by atoms with Gasteiger partial charge in [-0.05, 0) is 23.2 Å². The summed E-state index contributed by atoms with van der Waals surface area (Å²) in [5.74, 6) is 0. The minimum absolute atomic E-state index is 0.0217. The van der Waals surface area contributed by atoms with Crippen LogP contribution in [0.25, 0.3) is 49.2 Å². The van der Waals surface area contributed by atoms with Gasteiger partial charge in [-0.2, -0.15) is 0 Å². The molecule has 4 nitrogen and oxygen atoms in total. The van der Waals surface area contributed by atoms with E-state index in [-0.39, 0.29) is 33.1 Å². The van der Waals surface area contributed by atoms with Gasteiger partial charge in [0.1, 0.15) is 31.4 Å². The van der Waals surface area contributed by atoms with Crippen LogP contribution < -0.4 is 21.9 Å². The quantitative estimate of drug-likeness (QED) is 0.238. The molecule has 0 aliphatic rings. The summed E-state index contributed by atoms with van der Waals surface area (Å²) in [4.78, 5) is 11.5. The van der Waals surface area contributed by atoms with Crippen LogP contribution in [0, 0.1) is 10.1 Å². The van der Waals surface area contributed by atoms with Crippen LogP contribution in [0.4, 0.5) is 5.69 Å². The fraction of sp³-hybridized carbons (Fsp3) is 0. The van der Waals surface area contributed by atoms with E-state index in [0.29, 0.717) is 10.6 Å². The van der Waals surface area contributed by atoms with Gasteiger partial charge in [-0.15, -0.1) is 10.9 Å². The zero-order valence-electron chi connectivity index (χ0n) is 17.1. The number of aromatic nitrogens is 1. The van der Waals surface area contributed by atoms with Crippen molar-refractivity contribution < 1.29 is 4.92 Å². The number of halogens is 1. The van der Waals surface area contributed by atoms with E-state index in [9.17, 15) is 10.1 Å². The van der Waals surface area contributed by atoms with Crippen LogP contribution in [0.1, 0.15) is 0 Å². The topological polar surface area (TPSA) is 47.5 Å². The molecular weight excluding hydrogens is 427 g/mol. The predicted molar refractivity (Wildman–Crippen MR) is 140 cm³/mol. The largest absolute Gasteiger partial charge is 0.306 e. The first-order valence-electron chi connectivity index (χ1n) is 10.1. The Morgan fingerprint density at radius 3 is 2.09 bits per heavy atom. The zero-order valence-corrected chi connectivity index (χ0v) is 17.9. The molecule has 4 aromatic carbocycles. The Kier molecular flexibility index (Phi) is 4.18. The van der Waals surface area contributed by atoms with Crippen molar-refractivity contribution in [3.63, 3.8) is 0 Å². The van der Waals surface area contributed by atoms with E-state index >= 15 is 0 Å². The summed E-state index contributed by atoms with van der Waals surface area (Å²) in [6.07, 6.45) is 0. The third-order valence-corrected chi connectivity index (χ3v) is 6.70. The first kappa shape index (κ1) is 20.3. The van der Waals surface area contributed by atoms with Gasteiger partial charge in [0.25, 0.3) is 5.69 Å². The van der Waals surface area contributed by atoms with Crippen LogP contribution in [0.5, 0.6) is 0 Å². The van der Waals surface area contributed by atoms with Gasteiger partial charge in [-0.1, -0.05) is 59.5 Å². The highest BCUT2D eigenvalue weighted by Gasteiger charge is 2.27. The van der Waals surface area contributed by atoms with Gasteiger partial charge in [0, 0.05) is 21.5 Å². The molecular formula is C24H9B4ClN2O2. The van der Waals surface area contributed by atoms with Crippen molar-refractivity contribution in [3.05, 3.63) is 69.7 Å². The lowest BCUT2D eigenvalue weighted by Crippen LogP contribution is -2.49. The van der Waals surface area contributed by atoms with E-state index in [1.165, 1.54) is 0 Å². The molecule has 2 aromatic heterocycles. The van der Waals surface area contributed by atoms with Gasteiger partial charge in [-0.25, -0.2) is 0 Å². The van der Waals surface area contributed by atoms with E-state index in [1.54, 1.807) is 6.07 Å². The second-order valence-electron chi connectivity index (χ2n) is 8.01. The maximum absolute atomic E-state index is 12.1. The van der Waals surface area contributed by atoms with E-state index in [1.807, 2.05) is 48.5 Å². The highest BCUT2D eigenvalue weighted by atomic mass is 35.5. The Hall–Kier alpha value is -3.37. The Labute approximate surface area is 198 Å². The van der Waals surface area contributed by atoms with Crippen LogP contribution in [0.15, 0.2) is 54.6 Å². The van der Waals surface area contributed by atoms with E-state index in [2.05, 4.69) is 4.40 Å². The number of benzene rings is 4. The molecule has 2 heterocycles. The van der Waals surface area contributed by atoms with Crippen molar-refractivity contribution in [3.8, 4) is 11.1 Å². The molecule has 0 spiro atoms. The SMILES string of the molecule is [B]c1c([B])c([B])c([N+](=O)[O-])c(-c2cccc3c2c2cccc4c5cccc(Cl)c5n3c42)c1[B]. The van der Waals surface area contributed by atoms with E-state index < -0.39 is 4.92 Å². The molecule has 9 heteroatoms. The molecule has 6 aromatic rings. The standard InChI is InChI=1S/C24H9B4ClN2O2/c25-18-17(24(31(32)33)21(28)20(27)19(18)26)12-6-3-9-15-16(12)13-7-1-4-10-11-5-2-8-14(29)23(11)30(15)22(10)13/h1-9H. The molecule has 0 N–H and O–H groups in total. The second kappa shape index (κ2) is 6.82. The fourth-order valence-corrected chi connectivity index (χ4v) is 5.27. The molecule has 0 unspecified atom stereocenters. The first-order valence-corrected chi connectivity index (χ1v) is 10.5. The molecule has 6 rings (SSSR count). The number of nitro benzene ring substituents is 1. The third kappa shape index (κ3) is 2.47. The molecule has 0 fully saturated rings. The summed E-state index contributed by atoms with van der Waals surface area (Å²) in [7, 11) is 24.4. The smallest absolute Gasteiger partial charge is 0.268 e. The second-order valence-corrected chi connectivity index (χ2v) is 8.42. The summed E-state index contributed by atoms with van der Waals surface area (Å²) in [6.45, 7) is 0. The minimum Gasteiger partial charge on any atom is -0.306 e. The van der Waals surface area contributed by atoms with Crippen molar-refractivity contribution in [2.75, 3.05) is 0 Å². The molecule has 0 saturated heterocycles. The Bertz CT molecular complexity index is 1810. The van der Waals surface area contributed by atoms with Crippen LogP contribution in [0.2, 0.25) is 5.02 Å². The van der Waals surface area contributed by atoms with Crippen molar-refractivity contribution in [1.29, 1.82) is 0 Å². The third-order valence-electron chi connectivity index (χ3n) is 6.40. The van der Waals surface area contributed by atoms with Crippen molar-refractivity contribution >= 4 is 109 Å². The van der Waals surface area contributed by atoms with Gasteiger partial charge in [0.15, 0.2) is 0 Å². The lowest BCUT2D eigenvalue weighted by molar-refractivity contribution is -0.382. The summed E-state index contributed by atoms with van der Waals surface area (Å²) in [6, 6.07) is 17.3. The highest BCUT2D eigenvalue weighted by molar-refractivity contribution is 6.65. The molecule has 33 heavy (non-hydrogen) atoms. The number of para-hydroxylation sites is 2. The Morgan fingerprint density at radius 1 is 0.758 bits per heavy atom. The number of hydrogen-bond acceptors (Lipinski definition) is 2. The zero-order chi connectivity index (χ0) is 23.2. The number of nitro groups is 1. The fourth-order valence-electron chi connectivity index (χ4n) is 5.01. The lowest BCUT2D eigenvalue weighted by atomic mass is 9.63. The van der Waals surface area contributed by atoms with Gasteiger partial charge >= 0.3 is 0 Å². The van der Waals surface area contributed by atoms with E-state index in [0.717, 1.165) is 38.1 Å². The summed E-state index contributed by atoms with van der Waals surface area (Å²) in [5, 5.41) is 16.4. The van der Waals surface area contributed by atoms with Gasteiger partial charge in [0.2, 0.25) is 0 Å². The Morgan fingerprint density at radius 2 is 1.36 bits per heavy atom. The molecule has 146 valence electrons. The van der Waals surface area contributed by atoms with Crippen LogP contribution >= 0.6 is 11.6 Å². The van der Waals surface area contributed by atoms with Crippen molar-refractivity contribution in [2.24, 2.45) is 0 Å². The predicted octanol–water partition coefficient (Wildman–Crippen LogP) is 2.24. The van der Waals surface area contributed by atoms with Crippen LogP contribution in [-0.4, -0.2) is 40.7 Å². The van der Waals surface area contributed by atoms with E-state index in [4.69, 9.17) is 43.0 Å². The van der Waals surface area contributed by atoms with Crippen molar-refractivity contribution in [1.82, 2.24) is 4.40 Å². The number of hydrogen-bond donors (Lipinski definition) is 0. The van der Waals surface area contributed by atoms with Crippen LogP contribution in [0.3, 0.4) is 0 Å². The molecule has 0 atom stereocenters.